The van der Waals surface area contributed by atoms with Crippen molar-refractivity contribution in [3.05, 3.63) is 64.2 Å². The van der Waals surface area contributed by atoms with Crippen LogP contribution in [0.25, 0.3) is 5.69 Å². The van der Waals surface area contributed by atoms with Crippen LogP contribution in [-0.2, 0) is 4.79 Å². The highest BCUT2D eigenvalue weighted by molar-refractivity contribution is 7.99. The Hall–Kier alpha value is -3.40. The van der Waals surface area contributed by atoms with Crippen molar-refractivity contribution in [3.8, 4) is 5.69 Å². The van der Waals surface area contributed by atoms with E-state index in [1.807, 2.05) is 6.92 Å². The molecule has 1 saturated heterocycles. The summed E-state index contributed by atoms with van der Waals surface area (Å²) in [5.74, 6) is 1.01. The first-order valence-electron chi connectivity index (χ1n) is 11.0. The zero-order valence-corrected chi connectivity index (χ0v) is 19.3. The minimum Gasteiger partial charge on any atom is -0.341 e. The van der Waals surface area contributed by atoms with Crippen molar-refractivity contribution in [1.82, 2.24) is 14.8 Å². The molecule has 1 N–H and O–H groups in total. The average molecular weight is 467 g/mol. The third kappa shape index (κ3) is 5.51. The summed E-state index contributed by atoms with van der Waals surface area (Å²) < 4.78 is 2.05. The van der Waals surface area contributed by atoms with Gasteiger partial charge in [0.05, 0.1) is 10.6 Å². The third-order valence-corrected chi connectivity index (χ3v) is 6.41. The van der Waals surface area contributed by atoms with Crippen LogP contribution in [-0.4, -0.2) is 44.4 Å². The van der Waals surface area contributed by atoms with E-state index >= 15 is 0 Å². The molecule has 0 atom stereocenters. The molecule has 1 amide bonds. The van der Waals surface area contributed by atoms with E-state index in [2.05, 4.69) is 49.2 Å². The Morgan fingerprint density at radius 2 is 1.82 bits per heavy atom. The molecule has 0 radical (unpaired) electrons. The maximum absolute atomic E-state index is 12.4. The molecule has 0 unspecified atom stereocenters. The molecule has 1 fully saturated rings. The number of thioether (sulfide) groups is 1. The van der Waals surface area contributed by atoms with Gasteiger partial charge >= 0.3 is 0 Å². The number of aromatic nitrogens is 3. The Bertz CT molecular complexity index is 1130. The first-order valence-corrected chi connectivity index (χ1v) is 11.9. The maximum Gasteiger partial charge on any atom is 0.292 e. The number of hydrogen-bond acceptors (Lipinski definition) is 7. The Morgan fingerprint density at radius 3 is 2.55 bits per heavy atom. The molecular formula is C23H26N6O3S. The first kappa shape index (κ1) is 22.8. The standard InChI is InChI=1S/C23H26N6O3S/c1-17-9-11-18(12-10-17)28-22(27-14-5-2-6-15-27)25-26-23(28)33-16-13-21(30)24-19-7-3-4-8-20(19)29(31)32/h3-4,7-12H,2,5-6,13-16H2,1H3,(H,24,30). The van der Waals surface area contributed by atoms with Gasteiger partial charge in [0, 0.05) is 31.3 Å². The van der Waals surface area contributed by atoms with Crippen LogP contribution in [0.1, 0.15) is 31.2 Å². The minimum absolute atomic E-state index is 0.121. The van der Waals surface area contributed by atoms with Crippen LogP contribution in [0.2, 0.25) is 0 Å². The number of carbonyl (C=O) groups is 1. The Labute approximate surface area is 196 Å². The number of nitro groups is 1. The third-order valence-electron chi connectivity index (χ3n) is 5.48. The fourth-order valence-corrected chi connectivity index (χ4v) is 4.65. The van der Waals surface area contributed by atoms with Crippen molar-refractivity contribution in [1.29, 1.82) is 0 Å². The van der Waals surface area contributed by atoms with E-state index < -0.39 is 4.92 Å². The van der Waals surface area contributed by atoms with Gasteiger partial charge in [0.15, 0.2) is 5.16 Å². The summed E-state index contributed by atoms with van der Waals surface area (Å²) in [6, 6.07) is 14.4. The van der Waals surface area contributed by atoms with Crippen LogP contribution in [0.5, 0.6) is 0 Å². The fraction of sp³-hybridized carbons (Fsp3) is 0.348. The van der Waals surface area contributed by atoms with Crippen LogP contribution >= 0.6 is 11.8 Å². The molecule has 9 nitrogen and oxygen atoms in total. The topological polar surface area (TPSA) is 106 Å². The minimum atomic E-state index is -0.503. The zero-order valence-electron chi connectivity index (χ0n) is 18.4. The summed E-state index contributed by atoms with van der Waals surface area (Å²) in [6.45, 7) is 3.95. The molecular weight excluding hydrogens is 440 g/mol. The second kappa shape index (κ2) is 10.5. The van der Waals surface area contributed by atoms with E-state index in [1.165, 1.54) is 35.9 Å². The maximum atomic E-state index is 12.4. The highest BCUT2D eigenvalue weighted by Gasteiger charge is 2.22. The van der Waals surface area contributed by atoms with Crippen molar-refractivity contribution < 1.29 is 9.72 Å². The van der Waals surface area contributed by atoms with Crippen molar-refractivity contribution in [2.24, 2.45) is 0 Å². The van der Waals surface area contributed by atoms with E-state index in [0.717, 1.165) is 42.7 Å². The second-order valence-corrected chi connectivity index (χ2v) is 8.98. The number of amides is 1. The molecule has 172 valence electrons. The molecule has 0 aliphatic carbocycles. The van der Waals surface area contributed by atoms with Gasteiger partial charge in [-0.3, -0.25) is 19.5 Å². The number of benzene rings is 2. The molecule has 2 aromatic carbocycles. The molecule has 3 aromatic rings. The van der Waals surface area contributed by atoms with E-state index in [0.29, 0.717) is 5.75 Å². The quantitative estimate of drug-likeness (QED) is 0.294. The number of carbonyl (C=O) groups excluding carboxylic acids is 1. The van der Waals surface area contributed by atoms with E-state index in [1.54, 1.807) is 12.1 Å². The summed E-state index contributed by atoms with van der Waals surface area (Å²) in [4.78, 5) is 25.3. The Morgan fingerprint density at radius 1 is 1.09 bits per heavy atom. The highest BCUT2D eigenvalue weighted by Crippen LogP contribution is 2.29. The molecule has 10 heteroatoms. The number of piperidine rings is 1. The van der Waals surface area contributed by atoms with Gasteiger partial charge in [0.1, 0.15) is 5.69 Å². The van der Waals surface area contributed by atoms with Gasteiger partial charge in [-0.1, -0.05) is 41.6 Å². The van der Waals surface area contributed by atoms with Crippen molar-refractivity contribution >= 4 is 35.0 Å². The number of rotatable bonds is 8. The van der Waals surface area contributed by atoms with Crippen LogP contribution < -0.4 is 10.2 Å². The predicted molar refractivity (Wildman–Crippen MR) is 129 cm³/mol. The van der Waals surface area contributed by atoms with Crippen LogP contribution in [0, 0.1) is 17.0 Å². The summed E-state index contributed by atoms with van der Waals surface area (Å²) in [7, 11) is 0. The van der Waals surface area contributed by atoms with Gasteiger partial charge in [-0.05, 0) is 44.4 Å². The normalized spacial score (nSPS) is 13.7. The molecule has 0 bridgehead atoms. The predicted octanol–water partition coefficient (Wildman–Crippen LogP) is 4.60. The van der Waals surface area contributed by atoms with Gasteiger partial charge in [-0.2, -0.15) is 0 Å². The largest absolute Gasteiger partial charge is 0.341 e. The lowest BCUT2D eigenvalue weighted by Crippen LogP contribution is -2.31. The molecule has 1 aliphatic heterocycles. The van der Waals surface area contributed by atoms with Crippen LogP contribution in [0.3, 0.4) is 0 Å². The van der Waals surface area contributed by atoms with Gasteiger partial charge in [-0.25, -0.2) is 0 Å². The number of nitrogens with one attached hydrogen (secondary N) is 1. The van der Waals surface area contributed by atoms with E-state index in [9.17, 15) is 14.9 Å². The number of para-hydroxylation sites is 2. The molecule has 4 rings (SSSR count). The number of anilines is 2. The summed E-state index contributed by atoms with van der Waals surface area (Å²) in [5, 5.41) is 23.4. The van der Waals surface area contributed by atoms with E-state index in [4.69, 9.17) is 0 Å². The monoisotopic (exact) mass is 466 g/mol. The number of aryl methyl sites for hydroxylation is 1. The zero-order chi connectivity index (χ0) is 23.2. The van der Waals surface area contributed by atoms with Gasteiger partial charge in [-0.15, -0.1) is 10.2 Å². The fourth-order valence-electron chi connectivity index (χ4n) is 3.76. The van der Waals surface area contributed by atoms with Gasteiger partial charge < -0.3 is 10.2 Å². The van der Waals surface area contributed by atoms with Crippen molar-refractivity contribution in [2.75, 3.05) is 29.1 Å². The molecule has 33 heavy (non-hydrogen) atoms. The Balaban J connectivity index is 1.47. The number of nitro benzene ring substituents is 1. The lowest BCUT2D eigenvalue weighted by Gasteiger charge is -2.27. The molecule has 1 aromatic heterocycles. The summed E-state index contributed by atoms with van der Waals surface area (Å²) >= 11 is 1.45. The molecule has 1 aliphatic rings. The van der Waals surface area contributed by atoms with Crippen molar-refractivity contribution in [2.45, 2.75) is 37.8 Å². The summed E-state index contributed by atoms with van der Waals surface area (Å²) in [6.07, 6.45) is 3.69. The average Bonchev–Trinajstić information content (AvgIpc) is 3.24. The molecule has 2 heterocycles. The van der Waals surface area contributed by atoms with Gasteiger partial charge in [0.25, 0.3) is 5.69 Å². The SMILES string of the molecule is Cc1ccc(-n2c(SCCC(=O)Nc3ccccc3[N+](=O)[O-])nnc2N2CCCCC2)cc1. The smallest absolute Gasteiger partial charge is 0.292 e. The van der Waals surface area contributed by atoms with E-state index in [-0.39, 0.29) is 23.7 Å². The first-order chi connectivity index (χ1) is 16.0. The highest BCUT2D eigenvalue weighted by atomic mass is 32.2. The molecule has 0 saturated carbocycles. The second-order valence-electron chi connectivity index (χ2n) is 7.92. The summed E-state index contributed by atoms with van der Waals surface area (Å²) in [5.41, 5.74) is 2.24. The lowest BCUT2D eigenvalue weighted by atomic mass is 10.1. The van der Waals surface area contributed by atoms with Crippen LogP contribution in [0.4, 0.5) is 17.3 Å². The number of hydrogen-bond donors (Lipinski definition) is 1. The lowest BCUT2D eigenvalue weighted by molar-refractivity contribution is -0.383. The Kier molecular flexibility index (Phi) is 7.23. The van der Waals surface area contributed by atoms with Gasteiger partial charge in [0.2, 0.25) is 11.9 Å². The molecule has 0 spiro atoms. The number of nitrogens with zero attached hydrogens (tertiary/aromatic N) is 5. The van der Waals surface area contributed by atoms with Crippen LogP contribution in [0.15, 0.2) is 53.7 Å². The van der Waals surface area contributed by atoms with Crippen molar-refractivity contribution in [3.63, 3.8) is 0 Å².